The van der Waals surface area contributed by atoms with Crippen molar-refractivity contribution in [3.05, 3.63) is 0 Å². The van der Waals surface area contributed by atoms with Gasteiger partial charge in [0.2, 0.25) is 0 Å². The van der Waals surface area contributed by atoms with Gasteiger partial charge in [-0.3, -0.25) is 4.90 Å². The zero-order valence-electron chi connectivity index (χ0n) is 13.2. The third-order valence-electron chi connectivity index (χ3n) is 5.65. The van der Waals surface area contributed by atoms with Crippen LogP contribution in [0.2, 0.25) is 0 Å². The van der Waals surface area contributed by atoms with Crippen LogP contribution >= 0.6 is 0 Å². The molecule has 0 aromatic carbocycles. The van der Waals surface area contributed by atoms with E-state index in [2.05, 4.69) is 25.7 Å². The number of aliphatic hydroxyl groups is 1. The van der Waals surface area contributed by atoms with Gasteiger partial charge in [-0.15, -0.1) is 0 Å². The Kier molecular flexibility index (Phi) is 4.94. The van der Waals surface area contributed by atoms with Gasteiger partial charge in [-0.05, 0) is 37.0 Å². The predicted octanol–water partition coefficient (Wildman–Crippen LogP) is 3.83. The standard InChI is InChI=1S/C17H33NO/c1-4-8-16(9-5-2)12-18(13-16)17(14-19)10-6-7-15(3)11-17/h15,19H,4-14H2,1-3H3. The zero-order chi connectivity index (χ0) is 13.9. The molecule has 2 fully saturated rings. The highest BCUT2D eigenvalue weighted by Gasteiger charge is 2.50. The molecule has 0 bridgehead atoms. The van der Waals surface area contributed by atoms with Gasteiger partial charge in [-0.2, -0.15) is 0 Å². The van der Waals surface area contributed by atoms with E-state index in [1.807, 2.05) is 0 Å². The molecule has 0 amide bonds. The molecule has 1 saturated carbocycles. The molecule has 1 saturated heterocycles. The third kappa shape index (κ3) is 3.00. The summed E-state index contributed by atoms with van der Waals surface area (Å²) in [7, 11) is 0. The summed E-state index contributed by atoms with van der Waals surface area (Å²) in [6, 6.07) is 0. The van der Waals surface area contributed by atoms with Crippen molar-refractivity contribution in [3.8, 4) is 0 Å². The Balaban J connectivity index is 1.99. The molecule has 2 rings (SSSR count). The lowest BCUT2D eigenvalue weighted by molar-refractivity contribution is -0.124. The fourth-order valence-corrected chi connectivity index (χ4v) is 4.76. The van der Waals surface area contributed by atoms with E-state index in [1.54, 1.807) is 0 Å². The molecule has 2 atom stereocenters. The Bertz CT molecular complexity index is 277. The SMILES string of the molecule is CCCC1(CCC)CN(C2(CO)CCCC(C)C2)C1. The van der Waals surface area contributed by atoms with Crippen LogP contribution in [-0.4, -0.2) is 35.2 Å². The average Bonchev–Trinajstić information content (AvgIpc) is 2.35. The van der Waals surface area contributed by atoms with Crippen molar-refractivity contribution < 1.29 is 5.11 Å². The van der Waals surface area contributed by atoms with Crippen LogP contribution in [0.5, 0.6) is 0 Å². The normalized spacial score (nSPS) is 35.1. The summed E-state index contributed by atoms with van der Waals surface area (Å²) in [6.07, 6.45) is 10.4. The van der Waals surface area contributed by atoms with Crippen molar-refractivity contribution in [1.82, 2.24) is 4.90 Å². The number of nitrogens with zero attached hydrogens (tertiary/aromatic N) is 1. The van der Waals surface area contributed by atoms with Gasteiger partial charge in [0.1, 0.15) is 0 Å². The molecular weight excluding hydrogens is 234 g/mol. The summed E-state index contributed by atoms with van der Waals surface area (Å²) >= 11 is 0. The molecule has 2 heteroatoms. The lowest BCUT2D eigenvalue weighted by Crippen LogP contribution is -2.67. The van der Waals surface area contributed by atoms with E-state index in [0.29, 0.717) is 12.0 Å². The summed E-state index contributed by atoms with van der Waals surface area (Å²) in [5.74, 6) is 0.785. The van der Waals surface area contributed by atoms with Crippen molar-refractivity contribution >= 4 is 0 Å². The van der Waals surface area contributed by atoms with Crippen molar-refractivity contribution in [2.24, 2.45) is 11.3 Å². The average molecular weight is 267 g/mol. The highest BCUT2D eigenvalue weighted by Crippen LogP contribution is 2.47. The third-order valence-corrected chi connectivity index (χ3v) is 5.65. The highest BCUT2D eigenvalue weighted by atomic mass is 16.3. The molecule has 112 valence electrons. The van der Waals surface area contributed by atoms with Crippen molar-refractivity contribution in [2.45, 2.75) is 77.7 Å². The van der Waals surface area contributed by atoms with Crippen molar-refractivity contribution in [3.63, 3.8) is 0 Å². The smallest absolute Gasteiger partial charge is 0.0615 e. The van der Waals surface area contributed by atoms with Gasteiger partial charge >= 0.3 is 0 Å². The van der Waals surface area contributed by atoms with E-state index in [4.69, 9.17) is 0 Å². The molecule has 1 N–H and O–H groups in total. The Morgan fingerprint density at radius 2 is 1.79 bits per heavy atom. The largest absolute Gasteiger partial charge is 0.394 e. The topological polar surface area (TPSA) is 23.5 Å². The summed E-state index contributed by atoms with van der Waals surface area (Å²) < 4.78 is 0. The second-order valence-electron chi connectivity index (χ2n) is 7.44. The van der Waals surface area contributed by atoms with Gasteiger partial charge in [0, 0.05) is 18.6 Å². The Labute approximate surface area is 119 Å². The quantitative estimate of drug-likeness (QED) is 0.790. The van der Waals surface area contributed by atoms with Gasteiger partial charge in [-0.1, -0.05) is 46.5 Å². The number of hydrogen-bond donors (Lipinski definition) is 1. The highest BCUT2D eigenvalue weighted by molar-refractivity contribution is 5.05. The van der Waals surface area contributed by atoms with E-state index >= 15 is 0 Å². The van der Waals surface area contributed by atoms with Gasteiger partial charge in [-0.25, -0.2) is 0 Å². The van der Waals surface area contributed by atoms with Gasteiger partial charge in [0.15, 0.2) is 0 Å². The molecule has 0 aromatic rings. The Morgan fingerprint density at radius 3 is 2.26 bits per heavy atom. The maximum absolute atomic E-state index is 9.98. The summed E-state index contributed by atoms with van der Waals surface area (Å²) in [5.41, 5.74) is 0.703. The van der Waals surface area contributed by atoms with Gasteiger partial charge in [0.25, 0.3) is 0 Å². The van der Waals surface area contributed by atoms with E-state index in [0.717, 1.165) is 5.92 Å². The second-order valence-corrected chi connectivity index (χ2v) is 7.44. The van der Waals surface area contributed by atoms with E-state index in [1.165, 1.54) is 64.5 Å². The molecule has 0 aromatic heterocycles. The van der Waals surface area contributed by atoms with E-state index < -0.39 is 0 Å². The Morgan fingerprint density at radius 1 is 1.16 bits per heavy atom. The lowest BCUT2D eigenvalue weighted by atomic mass is 9.67. The fraction of sp³-hybridized carbons (Fsp3) is 1.00. The van der Waals surface area contributed by atoms with Crippen LogP contribution in [0.1, 0.15) is 72.1 Å². The minimum Gasteiger partial charge on any atom is -0.394 e. The first-order chi connectivity index (χ1) is 9.10. The molecule has 1 aliphatic carbocycles. The molecule has 2 unspecified atom stereocenters. The first-order valence-electron chi connectivity index (χ1n) is 8.46. The van der Waals surface area contributed by atoms with Crippen LogP contribution in [0, 0.1) is 11.3 Å². The van der Waals surface area contributed by atoms with E-state index in [9.17, 15) is 5.11 Å². The predicted molar refractivity (Wildman–Crippen MR) is 81.3 cm³/mol. The number of likely N-dealkylation sites (tertiary alicyclic amines) is 1. The molecule has 2 nitrogen and oxygen atoms in total. The minimum atomic E-state index is 0.128. The summed E-state index contributed by atoms with van der Waals surface area (Å²) in [4.78, 5) is 2.63. The van der Waals surface area contributed by atoms with E-state index in [-0.39, 0.29) is 5.54 Å². The molecular formula is C17H33NO. The number of rotatable bonds is 6. The minimum absolute atomic E-state index is 0.128. The van der Waals surface area contributed by atoms with Crippen LogP contribution in [0.4, 0.5) is 0 Å². The van der Waals surface area contributed by atoms with Crippen LogP contribution in [0.3, 0.4) is 0 Å². The zero-order valence-corrected chi connectivity index (χ0v) is 13.2. The molecule has 0 spiro atoms. The lowest BCUT2D eigenvalue weighted by Gasteiger charge is -2.60. The Hall–Kier alpha value is -0.0800. The van der Waals surface area contributed by atoms with Crippen molar-refractivity contribution in [2.75, 3.05) is 19.7 Å². The van der Waals surface area contributed by atoms with Gasteiger partial charge < -0.3 is 5.11 Å². The number of aliphatic hydroxyl groups excluding tert-OH is 1. The first-order valence-corrected chi connectivity index (χ1v) is 8.46. The fourth-order valence-electron chi connectivity index (χ4n) is 4.76. The molecule has 1 heterocycles. The van der Waals surface area contributed by atoms with Crippen molar-refractivity contribution in [1.29, 1.82) is 0 Å². The summed E-state index contributed by atoms with van der Waals surface area (Å²) in [6.45, 7) is 9.82. The second kappa shape index (κ2) is 6.13. The molecule has 1 aliphatic heterocycles. The number of hydrogen-bond acceptors (Lipinski definition) is 2. The maximum atomic E-state index is 9.98. The van der Waals surface area contributed by atoms with Crippen LogP contribution in [-0.2, 0) is 0 Å². The first kappa shape index (κ1) is 15.3. The monoisotopic (exact) mass is 267 g/mol. The van der Waals surface area contributed by atoms with Crippen LogP contribution in [0.25, 0.3) is 0 Å². The van der Waals surface area contributed by atoms with Crippen LogP contribution < -0.4 is 0 Å². The maximum Gasteiger partial charge on any atom is 0.0615 e. The molecule has 19 heavy (non-hydrogen) atoms. The summed E-state index contributed by atoms with van der Waals surface area (Å²) in [5, 5.41) is 9.98. The van der Waals surface area contributed by atoms with Gasteiger partial charge in [0.05, 0.1) is 6.61 Å². The molecule has 0 radical (unpaired) electrons. The van der Waals surface area contributed by atoms with Crippen LogP contribution in [0.15, 0.2) is 0 Å². The molecule has 2 aliphatic rings.